The molecular formula is C16H23FN2O. The number of nitrogens with zero attached hydrogens (tertiary/aromatic N) is 1. The topological polar surface area (TPSA) is 32.3 Å². The van der Waals surface area contributed by atoms with Crippen LogP contribution in [0, 0.1) is 5.82 Å². The maximum atomic E-state index is 13.4. The summed E-state index contributed by atoms with van der Waals surface area (Å²) >= 11 is 0. The summed E-state index contributed by atoms with van der Waals surface area (Å²) in [5.41, 5.74) is 0.811. The summed E-state index contributed by atoms with van der Waals surface area (Å²) in [5, 5.41) is 3.26. The molecule has 0 bridgehead atoms. The zero-order chi connectivity index (χ0) is 14.7. The number of hydrogen-bond donors (Lipinski definition) is 1. The Morgan fingerprint density at radius 2 is 2.20 bits per heavy atom. The fraction of sp³-hybridized carbons (Fsp3) is 0.562. The van der Waals surface area contributed by atoms with Gasteiger partial charge in [0.15, 0.2) is 0 Å². The summed E-state index contributed by atoms with van der Waals surface area (Å²) in [4.78, 5) is 14.2. The van der Waals surface area contributed by atoms with Gasteiger partial charge in [-0.2, -0.15) is 0 Å². The molecule has 0 spiro atoms. The number of carbonyl (C=O) groups excluding carboxylic acids is 1. The highest BCUT2D eigenvalue weighted by Crippen LogP contribution is 2.29. The quantitative estimate of drug-likeness (QED) is 0.897. The molecule has 0 saturated carbocycles. The predicted molar refractivity (Wildman–Crippen MR) is 77.6 cm³/mol. The molecule has 1 heterocycles. The number of hydrogen-bond acceptors (Lipinski definition) is 2. The second-order valence-corrected chi connectivity index (χ2v) is 5.58. The first-order chi connectivity index (χ1) is 9.54. The molecule has 0 radical (unpaired) electrons. The lowest BCUT2D eigenvalue weighted by Crippen LogP contribution is -2.38. The summed E-state index contributed by atoms with van der Waals surface area (Å²) in [7, 11) is 0. The molecular weight excluding hydrogens is 255 g/mol. The normalized spacial score (nSPS) is 24.2. The highest BCUT2D eigenvalue weighted by Gasteiger charge is 2.39. The molecule has 1 fully saturated rings. The van der Waals surface area contributed by atoms with Gasteiger partial charge in [-0.25, -0.2) is 4.39 Å². The van der Waals surface area contributed by atoms with Crippen LogP contribution in [0.5, 0.6) is 0 Å². The predicted octanol–water partition coefficient (Wildman–Crippen LogP) is 3.22. The average Bonchev–Trinajstić information content (AvgIpc) is 2.72. The molecule has 1 aromatic carbocycles. The van der Waals surface area contributed by atoms with E-state index in [2.05, 4.69) is 19.2 Å². The number of carbonyl (C=O) groups is 1. The van der Waals surface area contributed by atoms with Gasteiger partial charge in [-0.3, -0.25) is 10.1 Å². The van der Waals surface area contributed by atoms with Crippen LogP contribution in [-0.4, -0.2) is 22.9 Å². The van der Waals surface area contributed by atoms with Crippen LogP contribution in [0.3, 0.4) is 0 Å². The number of benzene rings is 1. The van der Waals surface area contributed by atoms with Crippen molar-refractivity contribution in [3.05, 3.63) is 35.6 Å². The Balaban J connectivity index is 2.23. The van der Waals surface area contributed by atoms with Gasteiger partial charge in [0.2, 0.25) is 5.91 Å². The third kappa shape index (κ3) is 3.01. The smallest absolute Gasteiger partial charge is 0.241 e. The molecule has 1 saturated heterocycles. The molecule has 1 amide bonds. The standard InChI is InChI=1S/C16H23FN2O/c1-4-5-7-11(2)19-15(18-12(3)16(19)20)13-8-6-9-14(17)10-13/h6,8-12,15,18H,4-5,7H2,1-3H3. The minimum Gasteiger partial charge on any atom is -0.319 e. The van der Waals surface area contributed by atoms with Crippen molar-refractivity contribution in [2.75, 3.05) is 0 Å². The fourth-order valence-electron chi connectivity index (χ4n) is 2.78. The maximum absolute atomic E-state index is 13.4. The Bertz CT molecular complexity index is 477. The fourth-order valence-corrected chi connectivity index (χ4v) is 2.78. The molecule has 1 N–H and O–H groups in total. The van der Waals surface area contributed by atoms with E-state index in [1.54, 1.807) is 6.07 Å². The summed E-state index contributed by atoms with van der Waals surface area (Å²) in [6, 6.07) is 6.43. The van der Waals surface area contributed by atoms with Crippen LogP contribution < -0.4 is 5.32 Å². The van der Waals surface area contributed by atoms with Crippen LogP contribution in [0.25, 0.3) is 0 Å². The van der Waals surface area contributed by atoms with Crippen molar-refractivity contribution >= 4 is 5.91 Å². The summed E-state index contributed by atoms with van der Waals surface area (Å²) in [6.45, 7) is 6.07. The molecule has 0 aromatic heterocycles. The summed E-state index contributed by atoms with van der Waals surface area (Å²) in [6.07, 6.45) is 2.96. The highest BCUT2D eigenvalue weighted by molar-refractivity contribution is 5.84. The van der Waals surface area contributed by atoms with Crippen LogP contribution >= 0.6 is 0 Å². The Morgan fingerprint density at radius 3 is 2.85 bits per heavy atom. The van der Waals surface area contributed by atoms with E-state index in [0.29, 0.717) is 0 Å². The van der Waals surface area contributed by atoms with Gasteiger partial charge in [-0.1, -0.05) is 31.9 Å². The van der Waals surface area contributed by atoms with E-state index >= 15 is 0 Å². The van der Waals surface area contributed by atoms with E-state index in [-0.39, 0.29) is 30.0 Å². The maximum Gasteiger partial charge on any atom is 0.241 e. The van der Waals surface area contributed by atoms with E-state index in [4.69, 9.17) is 0 Å². The van der Waals surface area contributed by atoms with Crippen LogP contribution in [-0.2, 0) is 4.79 Å². The number of rotatable bonds is 5. The molecule has 3 unspecified atom stereocenters. The Labute approximate surface area is 120 Å². The van der Waals surface area contributed by atoms with Gasteiger partial charge in [-0.15, -0.1) is 0 Å². The van der Waals surface area contributed by atoms with E-state index < -0.39 is 0 Å². The van der Waals surface area contributed by atoms with Crippen molar-refractivity contribution in [1.29, 1.82) is 0 Å². The summed E-state index contributed by atoms with van der Waals surface area (Å²) in [5.74, 6) is -0.166. The Kier molecular flexibility index (Phi) is 4.76. The van der Waals surface area contributed by atoms with Gasteiger partial charge < -0.3 is 4.90 Å². The first-order valence-electron chi connectivity index (χ1n) is 7.38. The third-order valence-corrected chi connectivity index (χ3v) is 3.93. The van der Waals surface area contributed by atoms with Crippen LogP contribution in [0.15, 0.2) is 24.3 Å². The van der Waals surface area contributed by atoms with E-state index in [9.17, 15) is 9.18 Å². The SMILES string of the molecule is CCCCC(C)N1C(=O)C(C)NC1c1cccc(F)c1. The summed E-state index contributed by atoms with van der Waals surface area (Å²) < 4.78 is 13.4. The zero-order valence-electron chi connectivity index (χ0n) is 12.4. The lowest BCUT2D eigenvalue weighted by atomic mass is 10.1. The first kappa shape index (κ1) is 15.0. The van der Waals surface area contributed by atoms with Crippen LogP contribution in [0.1, 0.15) is 51.8 Å². The van der Waals surface area contributed by atoms with Crippen molar-refractivity contribution in [3.63, 3.8) is 0 Å². The van der Waals surface area contributed by atoms with Gasteiger partial charge in [0, 0.05) is 6.04 Å². The minimum atomic E-state index is -0.266. The van der Waals surface area contributed by atoms with Gasteiger partial charge in [0.1, 0.15) is 12.0 Å². The molecule has 2 rings (SSSR count). The van der Waals surface area contributed by atoms with Crippen LogP contribution in [0.2, 0.25) is 0 Å². The molecule has 1 aliphatic heterocycles. The average molecular weight is 278 g/mol. The number of amides is 1. The van der Waals surface area contributed by atoms with Crippen molar-refractivity contribution in [2.24, 2.45) is 0 Å². The highest BCUT2D eigenvalue weighted by atomic mass is 19.1. The van der Waals surface area contributed by atoms with Crippen molar-refractivity contribution < 1.29 is 9.18 Å². The van der Waals surface area contributed by atoms with E-state index in [1.165, 1.54) is 12.1 Å². The second kappa shape index (κ2) is 6.35. The molecule has 110 valence electrons. The number of unbranched alkanes of at least 4 members (excludes halogenated alkanes) is 1. The molecule has 3 atom stereocenters. The van der Waals surface area contributed by atoms with Gasteiger partial charge in [0.25, 0.3) is 0 Å². The van der Waals surface area contributed by atoms with Crippen LogP contribution in [0.4, 0.5) is 4.39 Å². The monoisotopic (exact) mass is 278 g/mol. The number of nitrogens with one attached hydrogen (secondary N) is 1. The van der Waals surface area contributed by atoms with Gasteiger partial charge in [0.05, 0.1) is 6.04 Å². The Hall–Kier alpha value is -1.42. The second-order valence-electron chi connectivity index (χ2n) is 5.58. The van der Waals surface area contributed by atoms with Crippen molar-refractivity contribution in [1.82, 2.24) is 10.2 Å². The van der Waals surface area contributed by atoms with E-state index in [0.717, 1.165) is 24.8 Å². The Morgan fingerprint density at radius 1 is 1.45 bits per heavy atom. The van der Waals surface area contributed by atoms with Crippen molar-refractivity contribution in [2.45, 2.75) is 58.3 Å². The van der Waals surface area contributed by atoms with Gasteiger partial charge >= 0.3 is 0 Å². The first-order valence-corrected chi connectivity index (χ1v) is 7.38. The van der Waals surface area contributed by atoms with Gasteiger partial charge in [-0.05, 0) is 38.0 Å². The molecule has 3 nitrogen and oxygen atoms in total. The largest absolute Gasteiger partial charge is 0.319 e. The van der Waals surface area contributed by atoms with Crippen molar-refractivity contribution in [3.8, 4) is 0 Å². The lowest BCUT2D eigenvalue weighted by Gasteiger charge is -2.30. The zero-order valence-corrected chi connectivity index (χ0v) is 12.4. The molecule has 1 aliphatic rings. The number of halogens is 1. The molecule has 0 aliphatic carbocycles. The lowest BCUT2D eigenvalue weighted by molar-refractivity contribution is -0.131. The van der Waals surface area contributed by atoms with E-state index in [1.807, 2.05) is 17.9 Å². The molecule has 4 heteroatoms. The third-order valence-electron chi connectivity index (χ3n) is 3.93. The molecule has 1 aromatic rings. The molecule has 20 heavy (non-hydrogen) atoms. The minimum absolute atomic E-state index is 0.0999.